The van der Waals surface area contributed by atoms with Gasteiger partial charge in [-0.15, -0.1) is 0 Å². The van der Waals surface area contributed by atoms with Gasteiger partial charge in [-0.05, 0) is 105 Å². The molecule has 0 radical (unpaired) electrons. The number of ether oxygens (including phenoxy) is 3. The lowest BCUT2D eigenvalue weighted by Gasteiger charge is -2.28. The number of benzene rings is 4. The standard InChI is InChI=1S/C45H55N7O5S/c1-45(2,3)30-25-37(42(56-6)38(26-30)51-58-7)50-44(54)49-36-16-17-39(34-13-9-8-12-33(34)36)57-32-18-22-46-41(28-32)48-31-14-15-35(40(27-31)55-5)43(53)47-21-10-11-29-19-23-52(4)24-20-29/h8-9,12-18,22,25-29,51H,10-11,19-21,23-24H2,1-7H3,(H,46,48)(H,47,53)(H2,49,50,54). The Labute approximate surface area is 345 Å². The van der Waals surface area contributed by atoms with Gasteiger partial charge in [0.2, 0.25) is 0 Å². The van der Waals surface area contributed by atoms with Crippen molar-refractivity contribution >= 4 is 63.2 Å². The smallest absolute Gasteiger partial charge is 0.323 e. The van der Waals surface area contributed by atoms with Crippen LogP contribution in [0.3, 0.4) is 0 Å². The van der Waals surface area contributed by atoms with E-state index in [0.29, 0.717) is 58.0 Å². The monoisotopic (exact) mass is 805 g/mol. The van der Waals surface area contributed by atoms with E-state index in [1.165, 1.54) is 24.8 Å². The molecule has 306 valence electrons. The maximum atomic E-state index is 13.5. The van der Waals surface area contributed by atoms with Gasteiger partial charge in [-0.25, -0.2) is 9.78 Å². The minimum Gasteiger partial charge on any atom is -0.496 e. The minimum absolute atomic E-state index is 0.154. The van der Waals surface area contributed by atoms with Crippen LogP contribution in [0.25, 0.3) is 10.8 Å². The average Bonchev–Trinajstić information content (AvgIpc) is 3.21. The molecule has 1 saturated heterocycles. The number of hydrogen-bond acceptors (Lipinski definition) is 10. The second-order valence-electron chi connectivity index (χ2n) is 15.6. The van der Waals surface area contributed by atoms with Crippen molar-refractivity contribution in [2.24, 2.45) is 5.92 Å². The van der Waals surface area contributed by atoms with E-state index in [9.17, 15) is 9.59 Å². The van der Waals surface area contributed by atoms with E-state index < -0.39 is 6.03 Å². The van der Waals surface area contributed by atoms with Crippen molar-refractivity contribution in [1.29, 1.82) is 0 Å². The number of anilines is 5. The Balaban J connectivity index is 1.11. The quantitative estimate of drug-likeness (QED) is 0.0513. The number of methoxy groups -OCH3 is 2. The molecule has 4 aromatic carbocycles. The van der Waals surface area contributed by atoms with Crippen LogP contribution in [-0.2, 0) is 5.41 Å². The highest BCUT2D eigenvalue weighted by Gasteiger charge is 2.22. The molecule has 2 heterocycles. The first-order valence-corrected chi connectivity index (χ1v) is 20.8. The fourth-order valence-electron chi connectivity index (χ4n) is 7.12. The van der Waals surface area contributed by atoms with E-state index >= 15 is 0 Å². The Bertz CT molecular complexity index is 2220. The van der Waals surface area contributed by atoms with Gasteiger partial charge in [-0.1, -0.05) is 57.0 Å². The minimum atomic E-state index is -0.410. The number of fused-ring (bicyclic) bond motifs is 1. The fraction of sp³-hybridized carbons (Fsp3) is 0.356. The van der Waals surface area contributed by atoms with Crippen LogP contribution in [0.15, 0.2) is 85.1 Å². The fourth-order valence-corrected chi connectivity index (χ4v) is 7.49. The first kappa shape index (κ1) is 42.0. The number of nitrogens with zero attached hydrogens (tertiary/aromatic N) is 2. The third-order valence-electron chi connectivity index (χ3n) is 10.3. The Morgan fingerprint density at radius 3 is 2.33 bits per heavy atom. The molecule has 1 aromatic heterocycles. The average molecular weight is 806 g/mol. The van der Waals surface area contributed by atoms with E-state index in [0.717, 1.165) is 53.9 Å². The van der Waals surface area contributed by atoms with Gasteiger partial charge in [-0.3, -0.25) is 4.79 Å². The number of nitrogens with one attached hydrogen (secondary N) is 5. The number of hydrogen-bond donors (Lipinski definition) is 5. The SMILES string of the molecule is COc1cc(Nc2cc(Oc3ccc(NC(=O)Nc4cc(C(C)(C)C)cc(NSC)c4OC)c4ccccc34)ccn2)ccc1C(=O)NCCCC1CCN(C)CC1. The first-order valence-electron chi connectivity index (χ1n) is 19.6. The number of carbonyl (C=O) groups is 2. The number of aromatic nitrogens is 1. The van der Waals surface area contributed by atoms with Gasteiger partial charge in [0.15, 0.2) is 5.75 Å². The summed E-state index contributed by atoms with van der Waals surface area (Å²) in [7, 11) is 5.32. The molecule has 58 heavy (non-hydrogen) atoms. The Morgan fingerprint density at radius 1 is 0.862 bits per heavy atom. The molecule has 0 unspecified atom stereocenters. The molecule has 0 saturated carbocycles. The second kappa shape index (κ2) is 19.2. The number of pyridine rings is 1. The van der Waals surface area contributed by atoms with Gasteiger partial charge in [0.1, 0.15) is 23.1 Å². The number of rotatable bonds is 15. The molecule has 3 amide bonds. The third-order valence-corrected chi connectivity index (χ3v) is 10.8. The molecule has 1 aliphatic rings. The summed E-state index contributed by atoms with van der Waals surface area (Å²) in [6.07, 6.45) is 8.14. The molecule has 0 aliphatic carbocycles. The van der Waals surface area contributed by atoms with Crippen LogP contribution >= 0.6 is 11.9 Å². The van der Waals surface area contributed by atoms with Crippen molar-refractivity contribution in [3.05, 3.63) is 96.2 Å². The second-order valence-corrected chi connectivity index (χ2v) is 16.2. The van der Waals surface area contributed by atoms with E-state index in [4.69, 9.17) is 14.2 Å². The molecule has 12 nitrogen and oxygen atoms in total. The maximum absolute atomic E-state index is 13.5. The summed E-state index contributed by atoms with van der Waals surface area (Å²) >= 11 is 1.45. The predicted molar refractivity (Wildman–Crippen MR) is 238 cm³/mol. The highest BCUT2D eigenvalue weighted by atomic mass is 32.2. The summed E-state index contributed by atoms with van der Waals surface area (Å²) in [6, 6.07) is 23.9. The number of carbonyl (C=O) groups excluding carboxylic acids is 2. The molecule has 6 rings (SSSR count). The molecule has 0 bridgehead atoms. The van der Waals surface area contributed by atoms with Gasteiger partial charge in [0.25, 0.3) is 5.91 Å². The summed E-state index contributed by atoms with van der Waals surface area (Å²) in [5.41, 5.74) is 4.02. The largest absolute Gasteiger partial charge is 0.496 e. The van der Waals surface area contributed by atoms with Crippen molar-refractivity contribution < 1.29 is 23.8 Å². The van der Waals surface area contributed by atoms with Gasteiger partial charge < -0.3 is 45.1 Å². The van der Waals surface area contributed by atoms with Crippen LogP contribution < -0.4 is 40.2 Å². The third kappa shape index (κ3) is 10.6. The summed E-state index contributed by atoms with van der Waals surface area (Å²) in [6.45, 7) is 9.30. The molecular weight excluding hydrogens is 751 g/mol. The summed E-state index contributed by atoms with van der Waals surface area (Å²) in [5, 5.41) is 14.0. The summed E-state index contributed by atoms with van der Waals surface area (Å²) in [5.74, 6) is 3.30. The maximum Gasteiger partial charge on any atom is 0.323 e. The molecular formula is C45H55N7O5S. The molecule has 5 N–H and O–H groups in total. The summed E-state index contributed by atoms with van der Waals surface area (Å²) < 4.78 is 21.0. The zero-order valence-corrected chi connectivity index (χ0v) is 35.3. The van der Waals surface area contributed by atoms with Crippen LogP contribution in [-0.4, -0.2) is 69.0 Å². The molecule has 0 spiro atoms. The van der Waals surface area contributed by atoms with Crippen LogP contribution in [0.2, 0.25) is 0 Å². The van der Waals surface area contributed by atoms with Crippen LogP contribution in [0.5, 0.6) is 23.0 Å². The number of likely N-dealkylation sites (tertiary alicyclic amines) is 1. The zero-order chi connectivity index (χ0) is 41.2. The highest BCUT2D eigenvalue weighted by Crippen LogP contribution is 2.40. The predicted octanol–water partition coefficient (Wildman–Crippen LogP) is 10.3. The van der Waals surface area contributed by atoms with Crippen molar-refractivity contribution in [1.82, 2.24) is 15.2 Å². The van der Waals surface area contributed by atoms with E-state index in [2.05, 4.69) is 63.7 Å². The van der Waals surface area contributed by atoms with Gasteiger partial charge in [0, 0.05) is 47.6 Å². The van der Waals surface area contributed by atoms with E-state index in [1.807, 2.05) is 60.9 Å². The van der Waals surface area contributed by atoms with Crippen LogP contribution in [0, 0.1) is 5.92 Å². The molecule has 1 aliphatic heterocycles. The molecule has 13 heteroatoms. The molecule has 1 fully saturated rings. The lowest BCUT2D eigenvalue weighted by atomic mass is 9.86. The summed E-state index contributed by atoms with van der Waals surface area (Å²) in [4.78, 5) is 33.4. The number of amides is 3. The topological polar surface area (TPSA) is 138 Å². The van der Waals surface area contributed by atoms with Crippen molar-refractivity contribution in [2.45, 2.75) is 51.9 Å². The van der Waals surface area contributed by atoms with Gasteiger partial charge in [-0.2, -0.15) is 0 Å². The van der Waals surface area contributed by atoms with E-state index in [-0.39, 0.29) is 11.3 Å². The lowest BCUT2D eigenvalue weighted by Crippen LogP contribution is -2.31. The van der Waals surface area contributed by atoms with Gasteiger partial charge in [0.05, 0.1) is 36.8 Å². The van der Waals surface area contributed by atoms with E-state index in [1.54, 1.807) is 44.7 Å². The van der Waals surface area contributed by atoms with Crippen molar-refractivity contribution in [3.8, 4) is 23.0 Å². The Kier molecular flexibility index (Phi) is 13.9. The normalized spacial score (nSPS) is 13.4. The van der Waals surface area contributed by atoms with Crippen molar-refractivity contribution in [3.63, 3.8) is 0 Å². The highest BCUT2D eigenvalue weighted by molar-refractivity contribution is 7.99. The van der Waals surface area contributed by atoms with Crippen LogP contribution in [0.1, 0.15) is 62.4 Å². The zero-order valence-electron chi connectivity index (χ0n) is 34.5. The Hall–Kier alpha value is -5.66. The van der Waals surface area contributed by atoms with Crippen LogP contribution in [0.4, 0.5) is 33.4 Å². The Morgan fingerprint density at radius 2 is 1.60 bits per heavy atom. The molecule has 5 aromatic rings. The van der Waals surface area contributed by atoms with Gasteiger partial charge >= 0.3 is 6.03 Å². The first-order chi connectivity index (χ1) is 27.9. The molecule has 0 atom stereocenters. The lowest BCUT2D eigenvalue weighted by molar-refractivity contribution is 0.0948. The van der Waals surface area contributed by atoms with Crippen molar-refractivity contribution in [2.75, 3.05) is 67.8 Å². The number of piperidine rings is 1. The number of urea groups is 1.